The second-order valence-corrected chi connectivity index (χ2v) is 4.28. The molecule has 1 saturated heterocycles. The first-order chi connectivity index (χ1) is 9.33. The molecule has 1 aliphatic heterocycles. The van der Waals surface area contributed by atoms with E-state index in [1.54, 1.807) is 12.4 Å². The Morgan fingerprint density at radius 2 is 1.58 bits per heavy atom. The first-order valence-corrected chi connectivity index (χ1v) is 6.07. The Hall–Kier alpha value is -2.31. The van der Waals surface area contributed by atoms with Gasteiger partial charge in [-0.1, -0.05) is 0 Å². The highest BCUT2D eigenvalue weighted by atomic mass is 19.1. The predicted molar refractivity (Wildman–Crippen MR) is 68.4 cm³/mol. The predicted octanol–water partition coefficient (Wildman–Crippen LogP) is 0.732. The molecule has 6 nitrogen and oxygen atoms in total. The molecule has 0 aromatic carbocycles. The molecule has 3 rings (SSSR count). The van der Waals surface area contributed by atoms with Crippen molar-refractivity contribution in [3.8, 4) is 0 Å². The van der Waals surface area contributed by atoms with Crippen LogP contribution in [0.1, 0.15) is 0 Å². The summed E-state index contributed by atoms with van der Waals surface area (Å²) in [5.41, 5.74) is 1.06. The number of halogens is 1. The summed E-state index contributed by atoms with van der Waals surface area (Å²) in [5, 5.41) is 7.64. The molecule has 0 radical (unpaired) electrons. The first kappa shape index (κ1) is 11.8. The van der Waals surface area contributed by atoms with Gasteiger partial charge in [-0.3, -0.25) is 0 Å². The van der Waals surface area contributed by atoms with E-state index in [0.717, 1.165) is 31.9 Å². The van der Waals surface area contributed by atoms with E-state index in [9.17, 15) is 4.39 Å². The molecule has 0 atom stereocenters. The Labute approximate surface area is 109 Å². The standard InChI is InChI=1S/C12H13FN6/c13-10-7-14-12(15-8-10)19-5-3-18(4-6-19)11-1-2-16-17-9-11/h1-2,7-9H,3-6H2. The number of hydrogen-bond donors (Lipinski definition) is 0. The van der Waals surface area contributed by atoms with Crippen LogP contribution in [0.4, 0.5) is 16.0 Å². The Kier molecular flexibility index (Phi) is 3.18. The second kappa shape index (κ2) is 5.13. The lowest BCUT2D eigenvalue weighted by molar-refractivity contribution is 0.602. The lowest BCUT2D eigenvalue weighted by atomic mass is 10.3. The molecule has 0 spiro atoms. The zero-order chi connectivity index (χ0) is 13.1. The monoisotopic (exact) mass is 260 g/mol. The highest BCUT2D eigenvalue weighted by Gasteiger charge is 2.19. The molecule has 0 aliphatic carbocycles. The van der Waals surface area contributed by atoms with Crippen LogP contribution in [0, 0.1) is 5.82 Å². The highest BCUT2D eigenvalue weighted by Crippen LogP contribution is 2.16. The van der Waals surface area contributed by atoms with Crippen molar-refractivity contribution >= 4 is 11.6 Å². The van der Waals surface area contributed by atoms with E-state index < -0.39 is 5.82 Å². The van der Waals surface area contributed by atoms with Gasteiger partial charge in [0.1, 0.15) is 0 Å². The Bertz CT molecular complexity index is 524. The van der Waals surface area contributed by atoms with Crippen molar-refractivity contribution < 1.29 is 4.39 Å². The van der Waals surface area contributed by atoms with Crippen LogP contribution in [0.15, 0.2) is 30.9 Å². The van der Waals surface area contributed by atoms with Crippen LogP contribution < -0.4 is 9.80 Å². The minimum absolute atomic E-state index is 0.412. The van der Waals surface area contributed by atoms with Crippen LogP contribution >= 0.6 is 0 Å². The third-order valence-corrected chi connectivity index (χ3v) is 3.10. The van der Waals surface area contributed by atoms with Gasteiger partial charge in [-0.15, -0.1) is 0 Å². The van der Waals surface area contributed by atoms with Crippen molar-refractivity contribution in [2.75, 3.05) is 36.0 Å². The first-order valence-electron chi connectivity index (χ1n) is 6.07. The summed E-state index contributed by atoms with van der Waals surface area (Å²) in [7, 11) is 0. The molecule has 0 amide bonds. The van der Waals surface area contributed by atoms with E-state index in [1.165, 1.54) is 12.4 Å². The molecule has 2 aromatic heterocycles. The summed E-state index contributed by atoms with van der Waals surface area (Å²) in [5.74, 6) is 0.166. The molecule has 1 aliphatic rings. The van der Waals surface area contributed by atoms with Gasteiger partial charge < -0.3 is 9.80 Å². The summed E-state index contributed by atoms with van der Waals surface area (Å²) < 4.78 is 12.8. The van der Waals surface area contributed by atoms with Crippen molar-refractivity contribution in [1.82, 2.24) is 20.2 Å². The zero-order valence-corrected chi connectivity index (χ0v) is 10.3. The lowest BCUT2D eigenvalue weighted by Crippen LogP contribution is -2.47. The normalized spacial score (nSPS) is 15.6. The quantitative estimate of drug-likeness (QED) is 0.793. The number of piperazine rings is 1. The van der Waals surface area contributed by atoms with Gasteiger partial charge in [0.05, 0.1) is 30.5 Å². The fourth-order valence-electron chi connectivity index (χ4n) is 2.10. The van der Waals surface area contributed by atoms with Gasteiger partial charge in [-0.05, 0) is 6.07 Å². The summed E-state index contributed by atoms with van der Waals surface area (Å²) >= 11 is 0. The van der Waals surface area contributed by atoms with Gasteiger partial charge in [0.25, 0.3) is 0 Å². The molecule has 0 N–H and O–H groups in total. The van der Waals surface area contributed by atoms with Crippen molar-refractivity contribution in [1.29, 1.82) is 0 Å². The number of nitrogens with zero attached hydrogens (tertiary/aromatic N) is 6. The highest BCUT2D eigenvalue weighted by molar-refractivity contribution is 5.45. The average Bonchev–Trinajstić information content (AvgIpc) is 2.49. The molecule has 3 heterocycles. The van der Waals surface area contributed by atoms with Crippen LogP contribution in [0.3, 0.4) is 0 Å². The van der Waals surface area contributed by atoms with Gasteiger partial charge in [0, 0.05) is 26.2 Å². The van der Waals surface area contributed by atoms with E-state index >= 15 is 0 Å². The van der Waals surface area contributed by atoms with E-state index in [1.807, 2.05) is 11.0 Å². The molecular weight excluding hydrogens is 247 g/mol. The molecule has 7 heteroatoms. The van der Waals surface area contributed by atoms with E-state index in [4.69, 9.17) is 0 Å². The van der Waals surface area contributed by atoms with Gasteiger partial charge in [-0.2, -0.15) is 10.2 Å². The smallest absolute Gasteiger partial charge is 0.225 e. The molecule has 0 saturated carbocycles. The lowest BCUT2D eigenvalue weighted by Gasteiger charge is -2.35. The Morgan fingerprint density at radius 1 is 0.895 bits per heavy atom. The third kappa shape index (κ3) is 2.59. The van der Waals surface area contributed by atoms with Crippen molar-refractivity contribution in [3.05, 3.63) is 36.7 Å². The molecule has 98 valence electrons. The molecular formula is C12H13FN6. The van der Waals surface area contributed by atoms with Gasteiger partial charge in [-0.25, -0.2) is 14.4 Å². The molecule has 19 heavy (non-hydrogen) atoms. The second-order valence-electron chi connectivity index (χ2n) is 4.28. The summed E-state index contributed by atoms with van der Waals surface area (Å²) in [6.45, 7) is 3.31. The molecule has 0 unspecified atom stereocenters. The van der Waals surface area contributed by atoms with Crippen molar-refractivity contribution in [2.24, 2.45) is 0 Å². The van der Waals surface area contributed by atoms with E-state index in [0.29, 0.717) is 5.95 Å². The fraction of sp³-hybridized carbons (Fsp3) is 0.333. The topological polar surface area (TPSA) is 58.0 Å². The summed E-state index contributed by atoms with van der Waals surface area (Å²) in [4.78, 5) is 12.3. The summed E-state index contributed by atoms with van der Waals surface area (Å²) in [6, 6.07) is 1.94. The Balaban J connectivity index is 1.65. The van der Waals surface area contributed by atoms with Gasteiger partial charge in [0.2, 0.25) is 5.95 Å². The number of rotatable bonds is 2. The maximum Gasteiger partial charge on any atom is 0.225 e. The third-order valence-electron chi connectivity index (χ3n) is 3.10. The minimum Gasteiger partial charge on any atom is -0.367 e. The maximum atomic E-state index is 12.8. The molecule has 1 fully saturated rings. The van der Waals surface area contributed by atoms with Crippen LogP contribution in [0.5, 0.6) is 0 Å². The number of anilines is 2. The van der Waals surface area contributed by atoms with Crippen LogP contribution in [-0.4, -0.2) is 46.3 Å². The SMILES string of the molecule is Fc1cnc(N2CCN(c3ccnnc3)CC2)nc1. The van der Waals surface area contributed by atoms with Gasteiger partial charge >= 0.3 is 0 Å². The zero-order valence-electron chi connectivity index (χ0n) is 10.3. The molecule has 2 aromatic rings. The largest absolute Gasteiger partial charge is 0.367 e. The molecule has 0 bridgehead atoms. The van der Waals surface area contributed by atoms with Gasteiger partial charge in [0.15, 0.2) is 5.82 Å². The summed E-state index contributed by atoms with van der Waals surface area (Å²) in [6.07, 6.45) is 5.83. The number of aromatic nitrogens is 4. The fourth-order valence-corrected chi connectivity index (χ4v) is 2.10. The average molecular weight is 260 g/mol. The van der Waals surface area contributed by atoms with E-state index in [-0.39, 0.29) is 0 Å². The van der Waals surface area contributed by atoms with Crippen LogP contribution in [0.25, 0.3) is 0 Å². The van der Waals surface area contributed by atoms with Crippen molar-refractivity contribution in [3.63, 3.8) is 0 Å². The van der Waals surface area contributed by atoms with Crippen molar-refractivity contribution in [2.45, 2.75) is 0 Å². The van der Waals surface area contributed by atoms with Crippen LogP contribution in [0.2, 0.25) is 0 Å². The van der Waals surface area contributed by atoms with Crippen LogP contribution in [-0.2, 0) is 0 Å². The maximum absolute atomic E-state index is 12.8. The van der Waals surface area contributed by atoms with E-state index in [2.05, 4.69) is 25.1 Å². The minimum atomic E-state index is -0.412. The Morgan fingerprint density at radius 3 is 2.21 bits per heavy atom. The number of hydrogen-bond acceptors (Lipinski definition) is 6.